The second-order valence-corrected chi connectivity index (χ2v) is 10.3. The summed E-state index contributed by atoms with van der Waals surface area (Å²) in [6.07, 6.45) is 5.40. The summed E-state index contributed by atoms with van der Waals surface area (Å²) in [4.78, 5) is 4.51. The first-order chi connectivity index (χ1) is 13.9. The van der Waals surface area contributed by atoms with E-state index in [4.69, 9.17) is 16.0 Å². The van der Waals surface area contributed by atoms with E-state index in [2.05, 4.69) is 26.2 Å². The van der Waals surface area contributed by atoms with Crippen LogP contribution in [0.15, 0.2) is 67.3 Å². The molecule has 152 valence electrons. The highest BCUT2D eigenvalue weighted by Gasteiger charge is 2.30. The number of nitrogens with one attached hydrogen (secondary N) is 1. The highest BCUT2D eigenvalue weighted by molar-refractivity contribution is 9.10. The van der Waals surface area contributed by atoms with Crippen LogP contribution in [0, 0.1) is 0 Å². The smallest absolute Gasteiger partial charge is 0.234 e. The Morgan fingerprint density at radius 2 is 1.66 bits per heavy atom. The Bertz CT molecular complexity index is 1090. The fourth-order valence-corrected chi connectivity index (χ4v) is 5.11. The lowest BCUT2D eigenvalue weighted by atomic mass is 9.96. The number of hydrogen-bond acceptors (Lipinski definition) is 5. The minimum Gasteiger partial charge on any atom is -0.419 e. The molecule has 1 heterocycles. The highest BCUT2D eigenvalue weighted by atomic mass is 79.9. The van der Waals surface area contributed by atoms with Gasteiger partial charge in [-0.3, -0.25) is 0 Å². The van der Waals surface area contributed by atoms with E-state index in [1.807, 2.05) is 24.3 Å². The summed E-state index contributed by atoms with van der Waals surface area (Å²) in [5.74, 6) is 0.466. The molecule has 1 aromatic heterocycles. The molecule has 3 aromatic rings. The lowest BCUT2D eigenvalue weighted by Gasteiger charge is -2.22. The molecule has 0 radical (unpaired) electrons. The van der Waals surface area contributed by atoms with Crippen LogP contribution >= 0.6 is 27.5 Å². The fourth-order valence-electron chi connectivity index (χ4n) is 3.45. The maximum atomic E-state index is 13.3. The SMILES string of the molecule is O=S(=O)(c1ccc(Cl)cc1)c1nc(-c2ccc(Br)cc2)oc1NC1CCCCC1. The molecule has 0 amide bonds. The molecule has 1 aliphatic rings. The number of oxazole rings is 1. The fraction of sp³-hybridized carbons (Fsp3) is 0.286. The molecule has 1 N–H and O–H groups in total. The monoisotopic (exact) mass is 494 g/mol. The van der Waals surface area contributed by atoms with Gasteiger partial charge in [0.1, 0.15) is 0 Å². The first kappa shape index (κ1) is 20.4. The van der Waals surface area contributed by atoms with E-state index < -0.39 is 9.84 Å². The van der Waals surface area contributed by atoms with Crippen LogP contribution in [0.4, 0.5) is 5.88 Å². The first-order valence-corrected chi connectivity index (χ1v) is 12.1. The molecular weight excluding hydrogens is 476 g/mol. The third-order valence-corrected chi connectivity index (χ3v) is 7.47. The summed E-state index contributed by atoms with van der Waals surface area (Å²) in [5.41, 5.74) is 0.706. The van der Waals surface area contributed by atoms with Crippen LogP contribution in [0.2, 0.25) is 5.02 Å². The summed E-state index contributed by atoms with van der Waals surface area (Å²) in [5, 5.41) is 3.67. The maximum absolute atomic E-state index is 13.3. The van der Waals surface area contributed by atoms with Crippen molar-refractivity contribution in [1.82, 2.24) is 4.98 Å². The van der Waals surface area contributed by atoms with E-state index in [9.17, 15) is 8.42 Å². The molecular formula is C21H20BrClN2O3S. The molecule has 0 aliphatic heterocycles. The lowest BCUT2D eigenvalue weighted by molar-refractivity contribution is 0.450. The molecule has 5 nitrogen and oxygen atoms in total. The van der Waals surface area contributed by atoms with E-state index in [1.165, 1.54) is 18.6 Å². The molecule has 29 heavy (non-hydrogen) atoms. The standard InChI is InChI=1S/C21H20BrClN2O3S/c22-15-8-6-14(7-9-15)19-25-21(20(28-19)24-17-4-2-1-3-5-17)29(26,27)18-12-10-16(23)11-13-18/h6-13,17,24H,1-5H2. The van der Waals surface area contributed by atoms with Gasteiger partial charge in [-0.2, -0.15) is 4.98 Å². The number of benzene rings is 2. The third kappa shape index (κ3) is 4.52. The Morgan fingerprint density at radius 3 is 2.31 bits per heavy atom. The van der Waals surface area contributed by atoms with E-state index >= 15 is 0 Å². The topological polar surface area (TPSA) is 72.2 Å². The Balaban J connectivity index is 1.77. The van der Waals surface area contributed by atoms with Gasteiger partial charge in [0.2, 0.25) is 26.6 Å². The minimum atomic E-state index is -3.87. The molecule has 1 saturated carbocycles. The molecule has 0 bridgehead atoms. The highest BCUT2D eigenvalue weighted by Crippen LogP contribution is 2.34. The number of rotatable bonds is 5. The Morgan fingerprint density at radius 1 is 1.00 bits per heavy atom. The Labute approximate surface area is 183 Å². The summed E-state index contributed by atoms with van der Waals surface area (Å²) >= 11 is 9.32. The average molecular weight is 496 g/mol. The Kier molecular flexibility index (Phi) is 5.99. The zero-order valence-electron chi connectivity index (χ0n) is 15.6. The number of aromatic nitrogens is 1. The molecule has 1 aliphatic carbocycles. The van der Waals surface area contributed by atoms with Gasteiger partial charge in [-0.25, -0.2) is 8.42 Å². The van der Waals surface area contributed by atoms with Crippen molar-refractivity contribution in [2.75, 3.05) is 5.32 Å². The van der Waals surface area contributed by atoms with Gasteiger partial charge in [0.15, 0.2) is 0 Å². The molecule has 0 spiro atoms. The number of sulfone groups is 1. The minimum absolute atomic E-state index is 0.0942. The van der Waals surface area contributed by atoms with Crippen LogP contribution in [-0.2, 0) is 9.84 Å². The van der Waals surface area contributed by atoms with E-state index in [0.29, 0.717) is 10.6 Å². The van der Waals surface area contributed by atoms with Crippen molar-refractivity contribution in [2.24, 2.45) is 0 Å². The summed E-state index contributed by atoms with van der Waals surface area (Å²) in [7, 11) is -3.87. The maximum Gasteiger partial charge on any atom is 0.234 e. The van der Waals surface area contributed by atoms with Crippen LogP contribution in [0.3, 0.4) is 0 Å². The zero-order chi connectivity index (χ0) is 20.4. The van der Waals surface area contributed by atoms with Crippen molar-refractivity contribution in [3.63, 3.8) is 0 Å². The summed E-state index contributed by atoms with van der Waals surface area (Å²) < 4.78 is 33.4. The predicted octanol–water partition coefficient (Wildman–Crippen LogP) is 6.33. The van der Waals surface area contributed by atoms with Crippen molar-refractivity contribution >= 4 is 43.3 Å². The van der Waals surface area contributed by atoms with Crippen LogP contribution in [0.1, 0.15) is 32.1 Å². The molecule has 4 rings (SSSR count). The lowest BCUT2D eigenvalue weighted by Crippen LogP contribution is -2.23. The molecule has 2 aromatic carbocycles. The first-order valence-electron chi connectivity index (χ1n) is 9.47. The Hall–Kier alpha value is -1.83. The average Bonchev–Trinajstić information content (AvgIpc) is 3.14. The van der Waals surface area contributed by atoms with Gasteiger partial charge in [-0.1, -0.05) is 46.8 Å². The van der Waals surface area contributed by atoms with E-state index in [0.717, 1.165) is 30.2 Å². The summed E-state index contributed by atoms with van der Waals surface area (Å²) in [6.45, 7) is 0. The van der Waals surface area contributed by atoms with Crippen LogP contribution < -0.4 is 5.32 Å². The van der Waals surface area contributed by atoms with Crippen molar-refractivity contribution in [1.29, 1.82) is 0 Å². The van der Waals surface area contributed by atoms with Crippen molar-refractivity contribution in [3.05, 3.63) is 58.0 Å². The second-order valence-electron chi connectivity index (χ2n) is 7.10. The largest absolute Gasteiger partial charge is 0.419 e. The van der Waals surface area contributed by atoms with Crippen molar-refractivity contribution in [2.45, 2.75) is 48.1 Å². The number of hydrogen-bond donors (Lipinski definition) is 1. The molecule has 8 heteroatoms. The van der Waals surface area contributed by atoms with Gasteiger partial charge in [0.25, 0.3) is 0 Å². The molecule has 0 atom stereocenters. The van der Waals surface area contributed by atoms with Crippen LogP contribution in [-0.4, -0.2) is 19.4 Å². The second kappa shape index (κ2) is 8.50. The van der Waals surface area contributed by atoms with E-state index in [-0.39, 0.29) is 27.7 Å². The van der Waals surface area contributed by atoms with Gasteiger partial charge >= 0.3 is 0 Å². The van der Waals surface area contributed by atoms with Gasteiger partial charge in [-0.15, -0.1) is 0 Å². The third-order valence-electron chi connectivity index (χ3n) is 5.01. The normalized spacial score (nSPS) is 15.4. The number of nitrogens with zero attached hydrogens (tertiary/aromatic N) is 1. The van der Waals surface area contributed by atoms with Crippen molar-refractivity contribution in [3.8, 4) is 11.5 Å². The molecule has 0 saturated heterocycles. The van der Waals surface area contributed by atoms with Gasteiger partial charge in [-0.05, 0) is 61.4 Å². The van der Waals surface area contributed by atoms with Crippen LogP contribution in [0.25, 0.3) is 11.5 Å². The predicted molar refractivity (Wildman–Crippen MR) is 117 cm³/mol. The van der Waals surface area contributed by atoms with Gasteiger partial charge < -0.3 is 9.73 Å². The molecule has 0 unspecified atom stereocenters. The van der Waals surface area contributed by atoms with Gasteiger partial charge in [0, 0.05) is 21.1 Å². The van der Waals surface area contributed by atoms with Crippen LogP contribution in [0.5, 0.6) is 0 Å². The van der Waals surface area contributed by atoms with E-state index in [1.54, 1.807) is 12.1 Å². The quantitative estimate of drug-likeness (QED) is 0.447. The summed E-state index contributed by atoms with van der Waals surface area (Å²) in [6, 6.07) is 13.6. The number of anilines is 1. The zero-order valence-corrected chi connectivity index (χ0v) is 18.7. The molecule has 1 fully saturated rings. The van der Waals surface area contributed by atoms with Crippen molar-refractivity contribution < 1.29 is 12.8 Å². The van der Waals surface area contributed by atoms with Gasteiger partial charge in [0.05, 0.1) is 4.90 Å². The number of halogens is 2.